The molecule has 0 radical (unpaired) electrons. The molecule has 0 aromatic rings. The third-order valence-corrected chi connectivity index (χ3v) is 3.76. The quantitative estimate of drug-likeness (QED) is 0.742. The molecule has 1 rings (SSSR count). The first kappa shape index (κ1) is 13.3. The van der Waals surface area contributed by atoms with Crippen molar-refractivity contribution in [2.24, 2.45) is 23.5 Å². The first-order chi connectivity index (χ1) is 7.49. The predicted molar refractivity (Wildman–Crippen MR) is 67.6 cm³/mol. The van der Waals surface area contributed by atoms with Crippen molar-refractivity contribution in [1.82, 2.24) is 0 Å². The standard InChI is InChI=1S/C14H24N2/c1-9(2)12-7-5-6-10(3)14(12)13(8-15)11(4)16/h9,11-13H,5-7,16H2,1-4H3. The van der Waals surface area contributed by atoms with Crippen LogP contribution in [0.4, 0.5) is 0 Å². The molecular formula is C14H24N2. The monoisotopic (exact) mass is 220 g/mol. The highest BCUT2D eigenvalue weighted by Crippen LogP contribution is 2.39. The Kier molecular flexibility index (Phi) is 4.56. The summed E-state index contributed by atoms with van der Waals surface area (Å²) in [5.74, 6) is 1.08. The predicted octanol–water partition coefficient (Wildman–Crippen LogP) is 3.25. The Hall–Kier alpha value is -0.810. The minimum atomic E-state index is -0.0901. The van der Waals surface area contributed by atoms with Gasteiger partial charge in [-0.1, -0.05) is 19.4 Å². The molecular weight excluding hydrogens is 196 g/mol. The van der Waals surface area contributed by atoms with Crippen LogP contribution in [0.25, 0.3) is 0 Å². The van der Waals surface area contributed by atoms with Crippen molar-refractivity contribution in [2.45, 2.75) is 53.0 Å². The van der Waals surface area contributed by atoms with Crippen LogP contribution in [-0.4, -0.2) is 6.04 Å². The van der Waals surface area contributed by atoms with Gasteiger partial charge in [0.25, 0.3) is 0 Å². The Bertz CT molecular complexity index is 307. The minimum Gasteiger partial charge on any atom is -0.326 e. The van der Waals surface area contributed by atoms with Crippen molar-refractivity contribution in [3.8, 4) is 6.07 Å². The smallest absolute Gasteiger partial charge is 0.0826 e. The lowest BCUT2D eigenvalue weighted by atomic mass is 9.71. The average Bonchev–Trinajstić information content (AvgIpc) is 2.20. The summed E-state index contributed by atoms with van der Waals surface area (Å²) in [5.41, 5.74) is 8.70. The van der Waals surface area contributed by atoms with Gasteiger partial charge in [0, 0.05) is 6.04 Å². The molecule has 1 aliphatic carbocycles. The van der Waals surface area contributed by atoms with Crippen LogP contribution in [0.5, 0.6) is 0 Å². The SMILES string of the molecule is CC1=C(C(C#N)C(C)N)C(C(C)C)CCC1. The van der Waals surface area contributed by atoms with Gasteiger partial charge in [0.1, 0.15) is 0 Å². The molecule has 2 heteroatoms. The van der Waals surface area contributed by atoms with Gasteiger partial charge in [0.05, 0.1) is 12.0 Å². The Balaban J connectivity index is 3.08. The molecule has 90 valence electrons. The molecule has 2 N–H and O–H groups in total. The first-order valence-corrected chi connectivity index (χ1v) is 6.33. The van der Waals surface area contributed by atoms with Crippen LogP contribution in [0.1, 0.15) is 47.0 Å². The van der Waals surface area contributed by atoms with E-state index >= 15 is 0 Å². The molecule has 3 unspecified atom stereocenters. The summed E-state index contributed by atoms with van der Waals surface area (Å²) in [4.78, 5) is 0. The zero-order chi connectivity index (χ0) is 12.3. The largest absolute Gasteiger partial charge is 0.326 e. The maximum atomic E-state index is 9.30. The van der Waals surface area contributed by atoms with Crippen molar-refractivity contribution >= 4 is 0 Å². The van der Waals surface area contributed by atoms with Crippen LogP contribution in [0, 0.1) is 29.1 Å². The highest BCUT2D eigenvalue weighted by molar-refractivity contribution is 5.27. The van der Waals surface area contributed by atoms with Crippen molar-refractivity contribution in [3.05, 3.63) is 11.1 Å². The Morgan fingerprint density at radius 1 is 1.38 bits per heavy atom. The topological polar surface area (TPSA) is 49.8 Å². The zero-order valence-electron chi connectivity index (χ0n) is 11.0. The van der Waals surface area contributed by atoms with Gasteiger partial charge in [0.15, 0.2) is 0 Å². The fraction of sp³-hybridized carbons (Fsp3) is 0.786. The molecule has 16 heavy (non-hydrogen) atoms. The van der Waals surface area contributed by atoms with Gasteiger partial charge in [-0.3, -0.25) is 0 Å². The summed E-state index contributed by atoms with van der Waals surface area (Å²) in [6.07, 6.45) is 3.62. The van der Waals surface area contributed by atoms with Crippen LogP contribution in [0.3, 0.4) is 0 Å². The summed E-state index contributed by atoms with van der Waals surface area (Å²) in [5, 5.41) is 9.30. The summed E-state index contributed by atoms with van der Waals surface area (Å²) in [6, 6.07) is 2.34. The number of rotatable bonds is 3. The molecule has 0 spiro atoms. The van der Waals surface area contributed by atoms with E-state index in [0.717, 1.165) is 6.42 Å². The summed E-state index contributed by atoms with van der Waals surface area (Å²) < 4.78 is 0. The molecule has 0 heterocycles. The maximum absolute atomic E-state index is 9.30. The van der Waals surface area contributed by atoms with Crippen LogP contribution < -0.4 is 5.73 Å². The Morgan fingerprint density at radius 3 is 2.44 bits per heavy atom. The molecule has 2 nitrogen and oxygen atoms in total. The lowest BCUT2D eigenvalue weighted by Gasteiger charge is -2.34. The third-order valence-electron chi connectivity index (χ3n) is 3.76. The van der Waals surface area contributed by atoms with Crippen LogP contribution >= 0.6 is 0 Å². The van der Waals surface area contributed by atoms with Gasteiger partial charge >= 0.3 is 0 Å². The van der Waals surface area contributed by atoms with Crippen LogP contribution in [0.15, 0.2) is 11.1 Å². The third kappa shape index (κ3) is 2.65. The molecule has 0 fully saturated rings. The lowest BCUT2D eigenvalue weighted by Crippen LogP contribution is -2.33. The number of nitriles is 1. The normalized spacial score (nSPS) is 25.4. The number of allylic oxidation sites excluding steroid dienone is 1. The van der Waals surface area contributed by atoms with E-state index in [4.69, 9.17) is 5.73 Å². The van der Waals surface area contributed by atoms with Gasteiger partial charge in [-0.15, -0.1) is 0 Å². The second-order valence-electron chi connectivity index (χ2n) is 5.44. The van der Waals surface area contributed by atoms with E-state index in [9.17, 15) is 5.26 Å². The Morgan fingerprint density at radius 2 is 2.00 bits per heavy atom. The van der Waals surface area contributed by atoms with Crippen LogP contribution in [-0.2, 0) is 0 Å². The van der Waals surface area contributed by atoms with Gasteiger partial charge in [-0.2, -0.15) is 5.26 Å². The van der Waals surface area contributed by atoms with E-state index in [1.54, 1.807) is 0 Å². The van der Waals surface area contributed by atoms with E-state index in [2.05, 4.69) is 26.8 Å². The number of nitrogens with two attached hydrogens (primary N) is 1. The summed E-state index contributed by atoms with van der Waals surface area (Å²) >= 11 is 0. The first-order valence-electron chi connectivity index (χ1n) is 6.33. The molecule has 3 atom stereocenters. The van der Waals surface area contributed by atoms with E-state index in [-0.39, 0.29) is 12.0 Å². The molecule has 0 saturated carbocycles. The summed E-state index contributed by atoms with van der Waals surface area (Å²) in [7, 11) is 0. The molecule has 0 amide bonds. The average molecular weight is 220 g/mol. The zero-order valence-corrected chi connectivity index (χ0v) is 11.0. The number of hydrogen-bond acceptors (Lipinski definition) is 2. The second kappa shape index (κ2) is 5.50. The van der Waals surface area contributed by atoms with E-state index in [1.165, 1.54) is 24.0 Å². The van der Waals surface area contributed by atoms with Gasteiger partial charge in [-0.05, 0) is 50.5 Å². The Labute approximate surface area is 99.5 Å². The van der Waals surface area contributed by atoms with Crippen molar-refractivity contribution < 1.29 is 0 Å². The summed E-state index contributed by atoms with van der Waals surface area (Å²) in [6.45, 7) is 8.62. The van der Waals surface area contributed by atoms with E-state index in [0.29, 0.717) is 11.8 Å². The van der Waals surface area contributed by atoms with Gasteiger partial charge in [-0.25, -0.2) is 0 Å². The molecule has 0 bridgehead atoms. The van der Waals surface area contributed by atoms with Crippen molar-refractivity contribution in [3.63, 3.8) is 0 Å². The van der Waals surface area contributed by atoms with Gasteiger partial charge < -0.3 is 5.73 Å². The maximum Gasteiger partial charge on any atom is 0.0826 e. The molecule has 1 aliphatic rings. The number of nitrogens with zero attached hydrogens (tertiary/aromatic N) is 1. The van der Waals surface area contributed by atoms with E-state index < -0.39 is 0 Å². The number of hydrogen-bond donors (Lipinski definition) is 1. The second-order valence-corrected chi connectivity index (χ2v) is 5.44. The molecule has 0 saturated heterocycles. The molecule has 0 aliphatic heterocycles. The molecule has 0 aromatic carbocycles. The van der Waals surface area contributed by atoms with E-state index in [1.807, 2.05) is 6.92 Å². The molecule has 0 aromatic heterocycles. The minimum absolute atomic E-state index is 0.0608. The lowest BCUT2D eigenvalue weighted by molar-refractivity contribution is 0.349. The fourth-order valence-corrected chi connectivity index (χ4v) is 2.86. The van der Waals surface area contributed by atoms with Crippen molar-refractivity contribution in [1.29, 1.82) is 5.26 Å². The van der Waals surface area contributed by atoms with Gasteiger partial charge in [0.2, 0.25) is 0 Å². The highest BCUT2D eigenvalue weighted by atomic mass is 14.6. The van der Waals surface area contributed by atoms with Crippen molar-refractivity contribution in [2.75, 3.05) is 0 Å². The highest BCUT2D eigenvalue weighted by Gasteiger charge is 2.31. The van der Waals surface area contributed by atoms with Crippen LogP contribution in [0.2, 0.25) is 0 Å². The fourth-order valence-electron chi connectivity index (χ4n) is 2.86.